The highest BCUT2D eigenvalue weighted by atomic mass is 35.5. The molecule has 1 heterocycles. The van der Waals surface area contributed by atoms with E-state index in [1.807, 2.05) is 24.3 Å². The molecule has 1 amide bonds. The fraction of sp³-hybridized carbons (Fsp3) is 0.0667. The van der Waals surface area contributed by atoms with Gasteiger partial charge in [-0.05, 0) is 12.1 Å². The highest BCUT2D eigenvalue weighted by Gasteiger charge is 2.08. The Morgan fingerprint density at radius 1 is 1.24 bits per heavy atom. The summed E-state index contributed by atoms with van der Waals surface area (Å²) in [6.45, 7) is -0.0865. The number of aromatic amines is 1. The fourth-order valence-corrected chi connectivity index (χ4v) is 2.25. The summed E-state index contributed by atoms with van der Waals surface area (Å²) in [7, 11) is 0. The first-order valence-corrected chi connectivity index (χ1v) is 6.70. The lowest BCUT2D eigenvalue weighted by molar-refractivity contribution is -0.118. The number of benzene rings is 2. The fourth-order valence-electron chi connectivity index (χ4n) is 2.02. The van der Waals surface area contributed by atoms with Gasteiger partial charge in [-0.2, -0.15) is 5.10 Å². The minimum atomic E-state index is -0.254. The molecule has 0 bridgehead atoms. The molecule has 5 nitrogen and oxygen atoms in total. The number of rotatable bonds is 4. The molecule has 3 rings (SSSR count). The topological polar surface area (TPSA) is 67.0 Å². The van der Waals surface area contributed by atoms with Crippen LogP contribution in [0.15, 0.2) is 48.8 Å². The number of ether oxygens (including phenoxy) is 1. The van der Waals surface area contributed by atoms with E-state index in [4.69, 9.17) is 16.3 Å². The summed E-state index contributed by atoms with van der Waals surface area (Å²) >= 11 is 6.14. The average molecular weight is 302 g/mol. The minimum absolute atomic E-state index is 0.0865. The van der Waals surface area contributed by atoms with Gasteiger partial charge in [0.25, 0.3) is 5.91 Å². The van der Waals surface area contributed by atoms with Crippen LogP contribution in [0.1, 0.15) is 0 Å². The van der Waals surface area contributed by atoms with E-state index in [2.05, 4.69) is 15.5 Å². The largest absolute Gasteiger partial charge is 0.483 e. The predicted octanol–water partition coefficient (Wildman–Crippen LogP) is 3.23. The number of hydrogen-bond donors (Lipinski definition) is 2. The quantitative estimate of drug-likeness (QED) is 0.777. The molecule has 0 atom stereocenters. The zero-order valence-corrected chi connectivity index (χ0v) is 11.7. The Morgan fingerprint density at radius 3 is 2.81 bits per heavy atom. The number of amides is 1. The van der Waals surface area contributed by atoms with Crippen LogP contribution in [-0.2, 0) is 4.79 Å². The summed E-state index contributed by atoms with van der Waals surface area (Å²) in [4.78, 5) is 11.8. The van der Waals surface area contributed by atoms with E-state index in [1.165, 1.54) is 6.20 Å². The molecule has 3 aromatic rings. The van der Waals surface area contributed by atoms with Crippen molar-refractivity contribution in [2.75, 3.05) is 11.9 Å². The van der Waals surface area contributed by atoms with E-state index < -0.39 is 0 Å². The summed E-state index contributed by atoms with van der Waals surface area (Å²) in [5.41, 5.74) is 0.601. The second-order valence-electron chi connectivity index (χ2n) is 4.41. The third-order valence-corrected chi connectivity index (χ3v) is 3.30. The minimum Gasteiger partial charge on any atom is -0.483 e. The molecular weight excluding hydrogens is 290 g/mol. The molecule has 0 aliphatic heterocycles. The van der Waals surface area contributed by atoms with E-state index >= 15 is 0 Å². The van der Waals surface area contributed by atoms with E-state index in [1.54, 1.807) is 18.3 Å². The molecular formula is C15H12ClN3O2. The molecule has 0 fully saturated rings. The zero-order valence-electron chi connectivity index (χ0n) is 11.0. The monoisotopic (exact) mass is 301 g/mol. The molecule has 0 spiro atoms. The van der Waals surface area contributed by atoms with E-state index in [0.29, 0.717) is 16.5 Å². The average Bonchev–Trinajstić information content (AvgIpc) is 3.00. The van der Waals surface area contributed by atoms with Gasteiger partial charge >= 0.3 is 0 Å². The third kappa shape index (κ3) is 2.98. The number of halogens is 1. The van der Waals surface area contributed by atoms with Gasteiger partial charge in [-0.1, -0.05) is 35.9 Å². The number of nitrogens with one attached hydrogen (secondary N) is 2. The first kappa shape index (κ1) is 13.5. The van der Waals surface area contributed by atoms with Crippen molar-refractivity contribution < 1.29 is 9.53 Å². The van der Waals surface area contributed by atoms with Crippen LogP contribution in [-0.4, -0.2) is 22.7 Å². The van der Waals surface area contributed by atoms with Crippen LogP contribution >= 0.6 is 11.6 Å². The van der Waals surface area contributed by atoms with Crippen LogP contribution in [0, 0.1) is 0 Å². The summed E-state index contributed by atoms with van der Waals surface area (Å²) in [6.07, 6.45) is 3.12. The van der Waals surface area contributed by atoms with Gasteiger partial charge in [0.05, 0.1) is 11.9 Å². The van der Waals surface area contributed by atoms with Crippen LogP contribution in [0.25, 0.3) is 10.8 Å². The highest BCUT2D eigenvalue weighted by Crippen LogP contribution is 2.31. The Labute approximate surface area is 125 Å². The Balaban J connectivity index is 1.73. The van der Waals surface area contributed by atoms with Gasteiger partial charge in [0, 0.05) is 22.0 Å². The van der Waals surface area contributed by atoms with Gasteiger partial charge in [0.2, 0.25) is 0 Å². The van der Waals surface area contributed by atoms with Crippen LogP contribution in [0.4, 0.5) is 5.69 Å². The second-order valence-corrected chi connectivity index (χ2v) is 4.82. The van der Waals surface area contributed by atoms with Crippen molar-refractivity contribution in [3.8, 4) is 5.75 Å². The maximum Gasteiger partial charge on any atom is 0.262 e. The molecule has 2 aromatic carbocycles. The van der Waals surface area contributed by atoms with Crippen molar-refractivity contribution >= 4 is 34.0 Å². The lowest BCUT2D eigenvalue weighted by Gasteiger charge is -2.10. The van der Waals surface area contributed by atoms with Crippen molar-refractivity contribution in [3.05, 3.63) is 53.8 Å². The molecule has 2 N–H and O–H groups in total. The SMILES string of the molecule is O=C(COc1ccc(Cl)c2ccccc12)Nc1cn[nH]c1. The first-order valence-electron chi connectivity index (χ1n) is 6.33. The molecule has 0 unspecified atom stereocenters. The zero-order chi connectivity index (χ0) is 14.7. The van der Waals surface area contributed by atoms with Gasteiger partial charge in [0.1, 0.15) is 5.75 Å². The van der Waals surface area contributed by atoms with E-state index in [9.17, 15) is 4.79 Å². The van der Waals surface area contributed by atoms with Crippen LogP contribution in [0.3, 0.4) is 0 Å². The van der Waals surface area contributed by atoms with Gasteiger partial charge in [-0.3, -0.25) is 9.89 Å². The maximum absolute atomic E-state index is 11.8. The molecule has 0 saturated carbocycles. The van der Waals surface area contributed by atoms with Crippen molar-refractivity contribution in [3.63, 3.8) is 0 Å². The molecule has 1 aromatic heterocycles. The number of anilines is 1. The molecule has 0 radical (unpaired) electrons. The van der Waals surface area contributed by atoms with Crippen molar-refractivity contribution in [2.45, 2.75) is 0 Å². The Morgan fingerprint density at radius 2 is 2.05 bits per heavy atom. The lowest BCUT2D eigenvalue weighted by Crippen LogP contribution is -2.19. The molecule has 21 heavy (non-hydrogen) atoms. The summed E-state index contributed by atoms with van der Waals surface area (Å²) in [5, 5.41) is 11.5. The Hall–Kier alpha value is -2.53. The number of fused-ring (bicyclic) bond motifs is 1. The van der Waals surface area contributed by atoms with Crippen molar-refractivity contribution in [1.82, 2.24) is 10.2 Å². The van der Waals surface area contributed by atoms with E-state index in [0.717, 1.165) is 10.8 Å². The van der Waals surface area contributed by atoms with Gasteiger partial charge in [-0.15, -0.1) is 0 Å². The number of carbonyl (C=O) groups is 1. The van der Waals surface area contributed by atoms with Crippen LogP contribution in [0.5, 0.6) is 5.75 Å². The molecule has 6 heteroatoms. The van der Waals surface area contributed by atoms with Crippen molar-refractivity contribution in [1.29, 1.82) is 0 Å². The first-order chi connectivity index (χ1) is 10.2. The normalized spacial score (nSPS) is 10.5. The Bertz CT molecular complexity index is 772. The molecule has 0 aliphatic carbocycles. The number of hydrogen-bond acceptors (Lipinski definition) is 3. The predicted molar refractivity (Wildman–Crippen MR) is 81.7 cm³/mol. The molecule has 0 saturated heterocycles. The van der Waals surface area contributed by atoms with Crippen LogP contribution < -0.4 is 10.1 Å². The number of H-pyrrole nitrogens is 1. The molecule has 0 aliphatic rings. The number of nitrogens with zero attached hydrogens (tertiary/aromatic N) is 1. The van der Waals surface area contributed by atoms with Gasteiger partial charge < -0.3 is 10.1 Å². The number of aromatic nitrogens is 2. The van der Waals surface area contributed by atoms with Gasteiger partial charge in [-0.25, -0.2) is 0 Å². The Kier molecular flexibility index (Phi) is 3.75. The number of carbonyl (C=O) groups excluding carboxylic acids is 1. The standard InChI is InChI=1S/C15H12ClN3O2/c16-13-5-6-14(12-4-2-1-3-11(12)13)21-9-15(20)19-10-7-17-18-8-10/h1-8H,9H2,(H,17,18)(H,19,20). The highest BCUT2D eigenvalue weighted by molar-refractivity contribution is 6.35. The summed E-state index contributed by atoms with van der Waals surface area (Å²) < 4.78 is 5.58. The van der Waals surface area contributed by atoms with Crippen molar-refractivity contribution in [2.24, 2.45) is 0 Å². The van der Waals surface area contributed by atoms with Gasteiger partial charge in [0.15, 0.2) is 6.61 Å². The maximum atomic E-state index is 11.8. The summed E-state index contributed by atoms with van der Waals surface area (Å²) in [5.74, 6) is 0.368. The summed E-state index contributed by atoms with van der Waals surface area (Å²) in [6, 6.07) is 11.1. The second kappa shape index (κ2) is 5.85. The third-order valence-electron chi connectivity index (χ3n) is 2.97. The van der Waals surface area contributed by atoms with E-state index in [-0.39, 0.29) is 12.5 Å². The smallest absolute Gasteiger partial charge is 0.262 e. The van der Waals surface area contributed by atoms with Crippen LogP contribution in [0.2, 0.25) is 5.02 Å². The lowest BCUT2D eigenvalue weighted by atomic mass is 10.1. The molecule has 106 valence electrons.